The van der Waals surface area contributed by atoms with Gasteiger partial charge in [-0.05, 0) is 42.8 Å². The minimum Gasteiger partial charge on any atom is -0.387 e. The van der Waals surface area contributed by atoms with E-state index in [1.807, 2.05) is 19.1 Å². The summed E-state index contributed by atoms with van der Waals surface area (Å²) in [7, 11) is 1.75. The van der Waals surface area contributed by atoms with E-state index in [2.05, 4.69) is 10.6 Å². The number of rotatable bonds is 3. The van der Waals surface area contributed by atoms with Crippen LogP contribution < -0.4 is 10.6 Å². The van der Waals surface area contributed by atoms with Gasteiger partial charge >= 0.3 is 0 Å². The van der Waals surface area contributed by atoms with Crippen molar-refractivity contribution in [2.24, 2.45) is 0 Å². The number of anilines is 2. The normalized spacial score (nSPS) is 10.2. The average molecular weight is 293 g/mol. The van der Waals surface area contributed by atoms with Crippen molar-refractivity contribution in [2.75, 3.05) is 17.7 Å². The van der Waals surface area contributed by atoms with Crippen molar-refractivity contribution in [2.45, 2.75) is 6.92 Å². The fraction of sp³-hybridized carbons (Fsp3) is 0.133. The van der Waals surface area contributed by atoms with Gasteiger partial charge in [0.05, 0.1) is 16.3 Å². The molecule has 2 N–H and O–H groups in total. The second-order valence-electron chi connectivity index (χ2n) is 4.38. The molecule has 0 aliphatic carbocycles. The van der Waals surface area contributed by atoms with Crippen molar-refractivity contribution >= 4 is 28.9 Å². The maximum absolute atomic E-state index is 13.0. The first-order valence-corrected chi connectivity index (χ1v) is 6.44. The van der Waals surface area contributed by atoms with Crippen LogP contribution in [0.4, 0.5) is 15.8 Å². The van der Waals surface area contributed by atoms with Crippen LogP contribution in [0.25, 0.3) is 0 Å². The van der Waals surface area contributed by atoms with Gasteiger partial charge in [-0.3, -0.25) is 4.79 Å². The fourth-order valence-corrected chi connectivity index (χ4v) is 2.06. The highest BCUT2D eigenvalue weighted by molar-refractivity contribution is 6.34. The first-order chi connectivity index (χ1) is 9.51. The Morgan fingerprint density at radius 3 is 2.55 bits per heavy atom. The van der Waals surface area contributed by atoms with E-state index in [0.29, 0.717) is 11.3 Å². The summed E-state index contributed by atoms with van der Waals surface area (Å²) in [5.41, 5.74) is 2.64. The lowest BCUT2D eigenvalue weighted by atomic mass is 10.1. The Labute approximate surface area is 121 Å². The highest BCUT2D eigenvalue weighted by atomic mass is 35.5. The summed E-state index contributed by atoms with van der Waals surface area (Å²) in [6, 6.07) is 9.29. The highest BCUT2D eigenvalue weighted by Crippen LogP contribution is 2.24. The van der Waals surface area contributed by atoms with E-state index in [1.54, 1.807) is 13.1 Å². The van der Waals surface area contributed by atoms with Gasteiger partial charge in [0.25, 0.3) is 5.91 Å². The van der Waals surface area contributed by atoms with Crippen molar-refractivity contribution in [1.29, 1.82) is 0 Å². The predicted octanol–water partition coefficient (Wildman–Crippen LogP) is 4.08. The molecule has 0 unspecified atom stereocenters. The van der Waals surface area contributed by atoms with Crippen molar-refractivity contribution < 1.29 is 9.18 Å². The summed E-state index contributed by atoms with van der Waals surface area (Å²) in [5.74, 6) is -0.748. The van der Waals surface area contributed by atoms with Gasteiger partial charge in [-0.25, -0.2) is 4.39 Å². The largest absolute Gasteiger partial charge is 0.387 e. The molecule has 0 spiro atoms. The van der Waals surface area contributed by atoms with Gasteiger partial charge in [0, 0.05) is 12.7 Å². The molecule has 0 aliphatic rings. The van der Waals surface area contributed by atoms with E-state index in [9.17, 15) is 9.18 Å². The smallest absolute Gasteiger partial charge is 0.257 e. The van der Waals surface area contributed by atoms with Crippen LogP contribution in [-0.2, 0) is 0 Å². The molecule has 0 aliphatic heterocycles. The van der Waals surface area contributed by atoms with E-state index < -0.39 is 5.82 Å². The van der Waals surface area contributed by atoms with Crippen LogP contribution in [-0.4, -0.2) is 13.0 Å². The van der Waals surface area contributed by atoms with E-state index in [4.69, 9.17) is 11.6 Å². The van der Waals surface area contributed by atoms with Crippen molar-refractivity contribution in [1.82, 2.24) is 0 Å². The molecule has 0 atom stereocenters. The molecule has 5 heteroatoms. The molecular formula is C15H14ClFN2O. The standard InChI is InChI=1S/C15H14ClFN2O/c1-9-3-5-11(14(7-9)18-2)15(20)19-13-6-4-10(17)8-12(13)16/h3-8,18H,1-2H3,(H,19,20). The molecule has 0 saturated carbocycles. The topological polar surface area (TPSA) is 41.1 Å². The van der Waals surface area contributed by atoms with Crippen LogP contribution in [0.3, 0.4) is 0 Å². The number of benzene rings is 2. The summed E-state index contributed by atoms with van der Waals surface area (Å²) in [6.45, 7) is 1.94. The predicted molar refractivity (Wildman–Crippen MR) is 80.1 cm³/mol. The van der Waals surface area contributed by atoms with Crippen LogP contribution in [0, 0.1) is 12.7 Å². The molecule has 0 fully saturated rings. The molecule has 104 valence electrons. The number of halogens is 2. The maximum Gasteiger partial charge on any atom is 0.257 e. The number of carbonyl (C=O) groups is 1. The van der Waals surface area contributed by atoms with E-state index in [1.165, 1.54) is 12.1 Å². The van der Waals surface area contributed by atoms with Crippen LogP contribution >= 0.6 is 11.6 Å². The molecule has 0 bridgehead atoms. The molecule has 20 heavy (non-hydrogen) atoms. The minimum absolute atomic E-state index is 0.163. The zero-order valence-corrected chi connectivity index (χ0v) is 11.9. The lowest BCUT2D eigenvalue weighted by Gasteiger charge is -2.11. The summed E-state index contributed by atoms with van der Waals surface area (Å²) in [4.78, 5) is 12.2. The quantitative estimate of drug-likeness (QED) is 0.895. The van der Waals surface area contributed by atoms with Gasteiger partial charge in [0.1, 0.15) is 5.82 Å². The van der Waals surface area contributed by atoms with Crippen LogP contribution in [0.15, 0.2) is 36.4 Å². The highest BCUT2D eigenvalue weighted by Gasteiger charge is 2.12. The second-order valence-corrected chi connectivity index (χ2v) is 4.78. The Balaban J connectivity index is 2.28. The molecule has 2 aromatic carbocycles. The van der Waals surface area contributed by atoms with Gasteiger partial charge in [0.2, 0.25) is 0 Å². The molecule has 0 aromatic heterocycles. The van der Waals surface area contributed by atoms with Crippen molar-refractivity contribution in [3.8, 4) is 0 Å². The Morgan fingerprint density at radius 2 is 1.90 bits per heavy atom. The number of hydrogen-bond donors (Lipinski definition) is 2. The summed E-state index contributed by atoms with van der Waals surface area (Å²) in [5, 5.41) is 5.81. The molecule has 1 amide bonds. The molecule has 2 aromatic rings. The minimum atomic E-state index is -0.445. The molecule has 0 heterocycles. The molecule has 0 radical (unpaired) electrons. The van der Waals surface area contributed by atoms with E-state index >= 15 is 0 Å². The SMILES string of the molecule is CNc1cc(C)ccc1C(=O)Nc1ccc(F)cc1Cl. The number of amides is 1. The number of nitrogens with one attached hydrogen (secondary N) is 2. The van der Waals surface area contributed by atoms with Gasteiger partial charge in [-0.1, -0.05) is 17.7 Å². The maximum atomic E-state index is 13.0. The lowest BCUT2D eigenvalue weighted by Crippen LogP contribution is -2.14. The molecular weight excluding hydrogens is 279 g/mol. The third kappa shape index (κ3) is 3.08. The Morgan fingerprint density at radius 1 is 1.15 bits per heavy atom. The molecule has 2 rings (SSSR count). The summed E-state index contributed by atoms with van der Waals surface area (Å²) < 4.78 is 13.0. The zero-order chi connectivity index (χ0) is 14.7. The average Bonchev–Trinajstić information content (AvgIpc) is 2.41. The fourth-order valence-electron chi connectivity index (χ4n) is 1.84. The van der Waals surface area contributed by atoms with Gasteiger partial charge in [-0.15, -0.1) is 0 Å². The summed E-state index contributed by atoms with van der Waals surface area (Å²) in [6.07, 6.45) is 0. The van der Waals surface area contributed by atoms with Crippen molar-refractivity contribution in [3.63, 3.8) is 0 Å². The zero-order valence-electron chi connectivity index (χ0n) is 11.1. The first-order valence-electron chi connectivity index (χ1n) is 6.06. The Kier molecular flexibility index (Phi) is 4.25. The lowest BCUT2D eigenvalue weighted by molar-refractivity contribution is 0.102. The van der Waals surface area contributed by atoms with Gasteiger partial charge in [0.15, 0.2) is 0 Å². The van der Waals surface area contributed by atoms with Gasteiger partial charge < -0.3 is 10.6 Å². The Bertz CT molecular complexity index is 658. The monoisotopic (exact) mass is 292 g/mol. The number of aryl methyl sites for hydroxylation is 1. The molecule has 3 nitrogen and oxygen atoms in total. The Hall–Kier alpha value is -2.07. The van der Waals surface area contributed by atoms with Crippen LogP contribution in [0.5, 0.6) is 0 Å². The van der Waals surface area contributed by atoms with E-state index in [0.717, 1.165) is 17.3 Å². The van der Waals surface area contributed by atoms with Crippen LogP contribution in [0.2, 0.25) is 5.02 Å². The second kappa shape index (κ2) is 5.92. The first kappa shape index (κ1) is 14.3. The van der Waals surface area contributed by atoms with Gasteiger partial charge in [-0.2, -0.15) is 0 Å². The number of carbonyl (C=O) groups excluding carboxylic acids is 1. The van der Waals surface area contributed by atoms with Crippen molar-refractivity contribution in [3.05, 3.63) is 58.4 Å². The third-order valence-corrected chi connectivity index (χ3v) is 3.18. The molecule has 0 saturated heterocycles. The van der Waals surface area contributed by atoms with E-state index in [-0.39, 0.29) is 10.9 Å². The summed E-state index contributed by atoms with van der Waals surface area (Å²) >= 11 is 5.89. The third-order valence-electron chi connectivity index (χ3n) is 2.87. The number of hydrogen-bond acceptors (Lipinski definition) is 2. The van der Waals surface area contributed by atoms with Crippen LogP contribution in [0.1, 0.15) is 15.9 Å².